The largest absolute Gasteiger partial charge is 0.207 e. The Hall–Kier alpha value is -1.11. The van der Waals surface area contributed by atoms with E-state index in [0.29, 0.717) is 0 Å². The number of aryl methyl sites for hydroxylation is 2. The van der Waals surface area contributed by atoms with Gasteiger partial charge in [-0.15, -0.1) is 0 Å². The molecule has 180 valence electrons. The normalized spacial score (nSPS) is 23.8. The summed E-state index contributed by atoms with van der Waals surface area (Å²) in [4.78, 5) is 0. The Kier molecular flexibility index (Phi) is 11.3. The molecule has 32 heavy (non-hydrogen) atoms. The summed E-state index contributed by atoms with van der Waals surface area (Å²) in [5, 5.41) is 0. The smallest absolute Gasteiger partial charge is 0.126 e. The standard InChI is InChI=1S/C31H49F/c1-3-5-6-7-9-30-23-22-29(24-31(30)32)21-20-28-18-16-27(17-19-28)15-14-26-12-10-25(8-4-2)11-13-26/h18,22-27H,3-17,19-21H2,1-2H3. The average molecular weight is 441 g/mol. The van der Waals surface area contributed by atoms with Crippen molar-refractivity contribution >= 4 is 0 Å². The number of unbranched alkanes of at least 4 members (excludes halogenated alkanes) is 3. The van der Waals surface area contributed by atoms with E-state index in [1.54, 1.807) is 11.6 Å². The van der Waals surface area contributed by atoms with E-state index in [4.69, 9.17) is 0 Å². The molecule has 1 aromatic carbocycles. The fraction of sp³-hybridized carbons (Fsp3) is 0.742. The maximum absolute atomic E-state index is 14.5. The molecule has 0 spiro atoms. The summed E-state index contributed by atoms with van der Waals surface area (Å²) in [6, 6.07) is 6.01. The second-order valence-corrected chi connectivity index (χ2v) is 11.0. The van der Waals surface area contributed by atoms with Crippen molar-refractivity contribution in [2.75, 3.05) is 0 Å². The molecule has 1 atom stereocenters. The van der Waals surface area contributed by atoms with Crippen LogP contribution in [-0.2, 0) is 12.8 Å². The van der Waals surface area contributed by atoms with Gasteiger partial charge in [0.2, 0.25) is 0 Å². The number of benzene rings is 1. The first-order chi connectivity index (χ1) is 15.7. The number of rotatable bonds is 13. The fourth-order valence-corrected chi connectivity index (χ4v) is 6.12. The summed E-state index contributed by atoms with van der Waals surface area (Å²) in [6.07, 6.45) is 26.0. The van der Waals surface area contributed by atoms with E-state index in [1.807, 2.05) is 6.07 Å². The lowest BCUT2D eigenvalue weighted by Crippen LogP contribution is -2.16. The molecule has 0 radical (unpaired) electrons. The summed E-state index contributed by atoms with van der Waals surface area (Å²) in [5.74, 6) is 2.97. The van der Waals surface area contributed by atoms with Crippen LogP contribution in [0.5, 0.6) is 0 Å². The molecule has 1 unspecified atom stereocenters. The molecule has 2 aliphatic rings. The first-order valence-corrected chi connectivity index (χ1v) is 14.1. The quantitative estimate of drug-likeness (QED) is 0.211. The molecule has 0 nitrogen and oxygen atoms in total. The summed E-state index contributed by atoms with van der Waals surface area (Å²) in [6.45, 7) is 4.55. The number of hydrogen-bond acceptors (Lipinski definition) is 0. The maximum atomic E-state index is 14.5. The SMILES string of the molecule is CCCCCCc1ccc(CCC2=CCC(CCC3CCC(CCC)CC3)CC2)cc1F. The lowest BCUT2D eigenvalue weighted by atomic mass is 9.76. The zero-order valence-electron chi connectivity index (χ0n) is 21.1. The predicted molar refractivity (Wildman–Crippen MR) is 138 cm³/mol. The minimum Gasteiger partial charge on any atom is -0.207 e. The minimum absolute atomic E-state index is 0.0143. The van der Waals surface area contributed by atoms with Crippen molar-refractivity contribution in [2.24, 2.45) is 17.8 Å². The maximum Gasteiger partial charge on any atom is 0.126 e. The highest BCUT2D eigenvalue weighted by Crippen LogP contribution is 2.36. The molecule has 1 saturated carbocycles. The second kappa shape index (κ2) is 14.2. The van der Waals surface area contributed by atoms with Crippen molar-refractivity contribution in [1.29, 1.82) is 0 Å². The van der Waals surface area contributed by atoms with Crippen LogP contribution in [0.3, 0.4) is 0 Å². The molecule has 0 heterocycles. The van der Waals surface area contributed by atoms with Crippen molar-refractivity contribution in [3.8, 4) is 0 Å². The van der Waals surface area contributed by atoms with Gasteiger partial charge in [0.25, 0.3) is 0 Å². The molecule has 1 aromatic rings. The monoisotopic (exact) mass is 440 g/mol. The van der Waals surface area contributed by atoms with E-state index in [-0.39, 0.29) is 5.82 Å². The zero-order valence-corrected chi connectivity index (χ0v) is 21.1. The van der Waals surface area contributed by atoms with Crippen LogP contribution in [0.15, 0.2) is 29.8 Å². The highest BCUT2D eigenvalue weighted by molar-refractivity contribution is 5.25. The van der Waals surface area contributed by atoms with Crippen molar-refractivity contribution in [3.05, 3.63) is 46.8 Å². The van der Waals surface area contributed by atoms with Crippen LogP contribution in [0.4, 0.5) is 4.39 Å². The van der Waals surface area contributed by atoms with E-state index in [9.17, 15) is 4.39 Å². The molecule has 1 heteroatoms. The summed E-state index contributed by atoms with van der Waals surface area (Å²) < 4.78 is 14.5. The van der Waals surface area contributed by atoms with E-state index in [2.05, 4.69) is 26.0 Å². The van der Waals surface area contributed by atoms with Crippen LogP contribution in [0.25, 0.3) is 0 Å². The molecular weight excluding hydrogens is 391 g/mol. The van der Waals surface area contributed by atoms with Gasteiger partial charge < -0.3 is 0 Å². The van der Waals surface area contributed by atoms with Gasteiger partial charge in [-0.1, -0.05) is 102 Å². The zero-order chi connectivity index (χ0) is 22.6. The third-order valence-corrected chi connectivity index (χ3v) is 8.41. The van der Waals surface area contributed by atoms with E-state index < -0.39 is 0 Å². The molecule has 3 rings (SSSR count). The van der Waals surface area contributed by atoms with Gasteiger partial charge in [0.05, 0.1) is 0 Å². The lowest BCUT2D eigenvalue weighted by molar-refractivity contribution is 0.236. The molecule has 2 aliphatic carbocycles. The second-order valence-electron chi connectivity index (χ2n) is 11.0. The number of allylic oxidation sites excluding steroid dienone is 2. The van der Waals surface area contributed by atoms with Crippen LogP contribution in [0.2, 0.25) is 0 Å². The highest BCUT2D eigenvalue weighted by Gasteiger charge is 2.22. The molecule has 0 aliphatic heterocycles. The van der Waals surface area contributed by atoms with Crippen LogP contribution in [0.1, 0.15) is 128 Å². The van der Waals surface area contributed by atoms with E-state index >= 15 is 0 Å². The number of halogens is 1. The van der Waals surface area contributed by atoms with Crippen molar-refractivity contribution in [1.82, 2.24) is 0 Å². The average Bonchev–Trinajstić information content (AvgIpc) is 2.82. The van der Waals surface area contributed by atoms with Crippen LogP contribution in [0, 0.1) is 23.6 Å². The molecular formula is C31H49F. The molecule has 0 bridgehead atoms. The Morgan fingerprint density at radius 3 is 2.16 bits per heavy atom. The van der Waals surface area contributed by atoms with Gasteiger partial charge >= 0.3 is 0 Å². The minimum atomic E-state index is 0.0143. The third kappa shape index (κ3) is 8.68. The summed E-state index contributed by atoms with van der Waals surface area (Å²) in [7, 11) is 0. The lowest BCUT2D eigenvalue weighted by Gasteiger charge is -2.30. The van der Waals surface area contributed by atoms with Gasteiger partial charge in [0.1, 0.15) is 5.82 Å². The molecule has 0 aromatic heterocycles. The Balaban J connectivity index is 1.33. The van der Waals surface area contributed by atoms with Crippen LogP contribution < -0.4 is 0 Å². The molecule has 0 amide bonds. The van der Waals surface area contributed by atoms with Crippen LogP contribution in [-0.4, -0.2) is 0 Å². The van der Waals surface area contributed by atoms with Gasteiger partial charge in [0.15, 0.2) is 0 Å². The van der Waals surface area contributed by atoms with Crippen LogP contribution >= 0.6 is 0 Å². The highest BCUT2D eigenvalue weighted by atomic mass is 19.1. The Morgan fingerprint density at radius 2 is 1.50 bits per heavy atom. The van der Waals surface area contributed by atoms with E-state index in [1.165, 1.54) is 95.5 Å². The van der Waals surface area contributed by atoms with Crippen molar-refractivity contribution < 1.29 is 4.39 Å². The Morgan fingerprint density at radius 1 is 0.750 bits per heavy atom. The van der Waals surface area contributed by atoms with Crippen molar-refractivity contribution in [3.63, 3.8) is 0 Å². The topological polar surface area (TPSA) is 0 Å². The van der Waals surface area contributed by atoms with Gasteiger partial charge in [-0.05, 0) is 86.3 Å². The Bertz CT molecular complexity index is 680. The predicted octanol–water partition coefficient (Wildman–Crippen LogP) is 9.99. The van der Waals surface area contributed by atoms with Gasteiger partial charge in [-0.3, -0.25) is 0 Å². The number of hydrogen-bond donors (Lipinski definition) is 0. The summed E-state index contributed by atoms with van der Waals surface area (Å²) >= 11 is 0. The molecule has 0 N–H and O–H groups in total. The molecule has 1 fully saturated rings. The van der Waals surface area contributed by atoms with Gasteiger partial charge in [-0.25, -0.2) is 4.39 Å². The fourth-order valence-electron chi connectivity index (χ4n) is 6.12. The van der Waals surface area contributed by atoms with Crippen molar-refractivity contribution in [2.45, 2.75) is 129 Å². The third-order valence-electron chi connectivity index (χ3n) is 8.41. The first-order valence-electron chi connectivity index (χ1n) is 14.1. The first kappa shape index (κ1) is 25.5. The Labute approximate surface area is 198 Å². The summed E-state index contributed by atoms with van der Waals surface area (Å²) in [5.41, 5.74) is 3.69. The van der Waals surface area contributed by atoms with Gasteiger partial charge in [0, 0.05) is 0 Å². The van der Waals surface area contributed by atoms with E-state index in [0.717, 1.165) is 49.0 Å². The molecule has 0 saturated heterocycles. The van der Waals surface area contributed by atoms with Gasteiger partial charge in [-0.2, -0.15) is 0 Å².